The molecule has 106 valence electrons. The molecule has 0 radical (unpaired) electrons. The number of methoxy groups -OCH3 is 1. The summed E-state index contributed by atoms with van der Waals surface area (Å²) in [5.74, 6) is -1.03. The molecule has 1 aromatic rings. The minimum atomic E-state index is -0.622. The summed E-state index contributed by atoms with van der Waals surface area (Å²) in [6, 6.07) is -0.347. The monoisotopic (exact) mass is 289 g/mol. The minimum absolute atomic E-state index is 0.0242. The van der Waals surface area contributed by atoms with Crippen molar-refractivity contribution < 1.29 is 13.9 Å². The van der Waals surface area contributed by atoms with Gasteiger partial charge in [0.2, 0.25) is 5.28 Å². The zero-order valence-electron chi connectivity index (χ0n) is 11.3. The number of ether oxygens (including phenoxy) is 1. The standard InChI is InChI=1S/C12H17ClFN3O2/c1-12(2,3)8(5-9(18)19-4)16-10-7(14)6-15-11(13)17-10/h6,8H,5H2,1-4H3,(H,15,16,17). The third-order valence-electron chi connectivity index (χ3n) is 2.67. The first-order valence-electron chi connectivity index (χ1n) is 5.75. The molecule has 0 spiro atoms. The number of carbonyl (C=O) groups excluding carboxylic acids is 1. The maximum atomic E-state index is 13.6. The molecule has 0 saturated heterocycles. The molecule has 7 heteroatoms. The quantitative estimate of drug-likeness (QED) is 0.682. The lowest BCUT2D eigenvalue weighted by atomic mass is 9.84. The predicted octanol–water partition coefficient (Wildman–Crippen LogP) is 2.66. The average molecular weight is 290 g/mol. The summed E-state index contributed by atoms with van der Waals surface area (Å²) in [6.45, 7) is 5.77. The minimum Gasteiger partial charge on any atom is -0.469 e. The van der Waals surface area contributed by atoms with Gasteiger partial charge >= 0.3 is 5.97 Å². The second kappa shape index (κ2) is 6.14. The maximum absolute atomic E-state index is 13.6. The van der Waals surface area contributed by atoms with E-state index in [1.165, 1.54) is 7.11 Å². The van der Waals surface area contributed by atoms with Crippen LogP contribution in [-0.2, 0) is 9.53 Å². The highest BCUT2D eigenvalue weighted by molar-refractivity contribution is 6.28. The molecule has 0 saturated carbocycles. The fourth-order valence-corrected chi connectivity index (χ4v) is 1.57. The van der Waals surface area contributed by atoms with E-state index in [4.69, 9.17) is 11.6 Å². The highest BCUT2D eigenvalue weighted by atomic mass is 35.5. The second-order valence-corrected chi connectivity index (χ2v) is 5.52. The van der Waals surface area contributed by atoms with Crippen LogP contribution in [0.1, 0.15) is 27.2 Å². The van der Waals surface area contributed by atoms with E-state index in [-0.39, 0.29) is 34.9 Å². The molecule has 1 atom stereocenters. The topological polar surface area (TPSA) is 64.1 Å². The van der Waals surface area contributed by atoms with E-state index in [0.29, 0.717) is 0 Å². The molecule has 1 unspecified atom stereocenters. The van der Waals surface area contributed by atoms with Gasteiger partial charge in [0.05, 0.1) is 19.7 Å². The first-order valence-corrected chi connectivity index (χ1v) is 6.13. The number of esters is 1. The highest BCUT2D eigenvalue weighted by Gasteiger charge is 2.28. The Labute approximate surface area is 116 Å². The summed E-state index contributed by atoms with van der Waals surface area (Å²) >= 11 is 5.63. The Morgan fingerprint density at radius 3 is 2.74 bits per heavy atom. The van der Waals surface area contributed by atoms with Gasteiger partial charge in [-0.3, -0.25) is 4.79 Å². The summed E-state index contributed by atoms with van der Waals surface area (Å²) in [6.07, 6.45) is 1.08. The van der Waals surface area contributed by atoms with Gasteiger partial charge in [-0.15, -0.1) is 0 Å². The van der Waals surface area contributed by atoms with Crippen molar-refractivity contribution in [3.05, 3.63) is 17.3 Å². The predicted molar refractivity (Wildman–Crippen MR) is 70.5 cm³/mol. The van der Waals surface area contributed by atoms with Crippen molar-refractivity contribution in [2.24, 2.45) is 5.41 Å². The number of rotatable bonds is 4. The number of hydrogen-bond donors (Lipinski definition) is 1. The number of anilines is 1. The number of halogens is 2. The fourth-order valence-electron chi connectivity index (χ4n) is 1.44. The summed E-state index contributed by atoms with van der Waals surface area (Å²) in [5.41, 5.74) is -0.294. The van der Waals surface area contributed by atoms with Gasteiger partial charge in [-0.05, 0) is 17.0 Å². The lowest BCUT2D eigenvalue weighted by molar-refractivity contribution is -0.141. The van der Waals surface area contributed by atoms with Crippen LogP contribution in [0.15, 0.2) is 6.20 Å². The Balaban J connectivity index is 2.94. The average Bonchev–Trinajstić information content (AvgIpc) is 2.31. The van der Waals surface area contributed by atoms with E-state index in [1.54, 1.807) is 0 Å². The molecule has 0 amide bonds. The van der Waals surface area contributed by atoms with Crippen LogP contribution in [0.2, 0.25) is 5.28 Å². The van der Waals surface area contributed by atoms with E-state index < -0.39 is 5.82 Å². The van der Waals surface area contributed by atoms with Gasteiger partial charge in [0.25, 0.3) is 0 Å². The van der Waals surface area contributed by atoms with E-state index in [9.17, 15) is 9.18 Å². The van der Waals surface area contributed by atoms with Gasteiger partial charge in [-0.1, -0.05) is 20.8 Å². The molecule has 0 fully saturated rings. The fraction of sp³-hybridized carbons (Fsp3) is 0.583. The molecular weight excluding hydrogens is 273 g/mol. The van der Waals surface area contributed by atoms with Crippen molar-refractivity contribution in [2.75, 3.05) is 12.4 Å². The Bertz CT molecular complexity index is 463. The molecule has 0 bridgehead atoms. The van der Waals surface area contributed by atoms with Crippen LogP contribution < -0.4 is 5.32 Å². The van der Waals surface area contributed by atoms with Crippen molar-refractivity contribution >= 4 is 23.4 Å². The first-order chi connectivity index (χ1) is 8.74. The molecule has 1 aromatic heterocycles. The Morgan fingerprint density at radius 2 is 2.21 bits per heavy atom. The van der Waals surface area contributed by atoms with E-state index in [0.717, 1.165) is 6.20 Å². The zero-order chi connectivity index (χ0) is 14.6. The van der Waals surface area contributed by atoms with Crippen LogP contribution in [0.3, 0.4) is 0 Å². The van der Waals surface area contributed by atoms with Gasteiger partial charge < -0.3 is 10.1 Å². The van der Waals surface area contributed by atoms with Crippen molar-refractivity contribution in [3.8, 4) is 0 Å². The van der Waals surface area contributed by atoms with Crippen molar-refractivity contribution in [1.82, 2.24) is 9.97 Å². The van der Waals surface area contributed by atoms with Gasteiger partial charge in [0, 0.05) is 6.04 Å². The largest absolute Gasteiger partial charge is 0.469 e. The van der Waals surface area contributed by atoms with Crippen LogP contribution in [0, 0.1) is 11.2 Å². The van der Waals surface area contributed by atoms with Crippen LogP contribution in [0.5, 0.6) is 0 Å². The van der Waals surface area contributed by atoms with Gasteiger partial charge in [0.15, 0.2) is 11.6 Å². The van der Waals surface area contributed by atoms with Crippen molar-refractivity contribution in [2.45, 2.75) is 33.2 Å². The van der Waals surface area contributed by atoms with Crippen molar-refractivity contribution in [3.63, 3.8) is 0 Å². The number of aromatic nitrogens is 2. The lowest BCUT2D eigenvalue weighted by Crippen LogP contribution is -2.37. The van der Waals surface area contributed by atoms with Crippen LogP contribution in [-0.4, -0.2) is 29.1 Å². The van der Waals surface area contributed by atoms with Crippen LogP contribution in [0.4, 0.5) is 10.2 Å². The third-order valence-corrected chi connectivity index (χ3v) is 2.85. The Kier molecular flexibility index (Phi) is 5.05. The summed E-state index contributed by atoms with van der Waals surface area (Å²) in [5, 5.41) is 2.82. The number of nitrogens with zero attached hydrogens (tertiary/aromatic N) is 2. The molecule has 0 aromatic carbocycles. The van der Waals surface area contributed by atoms with Crippen LogP contribution in [0.25, 0.3) is 0 Å². The molecule has 1 rings (SSSR count). The van der Waals surface area contributed by atoms with Gasteiger partial charge in [-0.2, -0.15) is 4.98 Å². The van der Waals surface area contributed by atoms with Crippen molar-refractivity contribution in [1.29, 1.82) is 0 Å². The van der Waals surface area contributed by atoms with E-state index in [2.05, 4.69) is 20.0 Å². The normalized spacial score (nSPS) is 12.9. The number of hydrogen-bond acceptors (Lipinski definition) is 5. The SMILES string of the molecule is COC(=O)CC(Nc1nc(Cl)ncc1F)C(C)(C)C. The number of carbonyl (C=O) groups is 1. The first kappa shape index (κ1) is 15.6. The molecule has 1 heterocycles. The zero-order valence-corrected chi connectivity index (χ0v) is 12.1. The molecule has 1 N–H and O–H groups in total. The molecule has 19 heavy (non-hydrogen) atoms. The van der Waals surface area contributed by atoms with Gasteiger partial charge in [-0.25, -0.2) is 9.37 Å². The van der Waals surface area contributed by atoms with Gasteiger partial charge in [0.1, 0.15) is 0 Å². The van der Waals surface area contributed by atoms with E-state index >= 15 is 0 Å². The van der Waals surface area contributed by atoms with E-state index in [1.807, 2.05) is 20.8 Å². The second-order valence-electron chi connectivity index (χ2n) is 5.18. The highest BCUT2D eigenvalue weighted by Crippen LogP contribution is 2.26. The summed E-state index contributed by atoms with van der Waals surface area (Å²) < 4.78 is 18.2. The molecule has 0 aliphatic rings. The smallest absolute Gasteiger partial charge is 0.307 e. The Hall–Kier alpha value is -1.43. The summed E-state index contributed by atoms with van der Waals surface area (Å²) in [7, 11) is 1.31. The molecule has 0 aliphatic carbocycles. The lowest BCUT2D eigenvalue weighted by Gasteiger charge is -2.31. The summed E-state index contributed by atoms with van der Waals surface area (Å²) in [4.78, 5) is 18.7. The number of nitrogens with one attached hydrogen (secondary N) is 1. The third kappa shape index (κ3) is 4.63. The van der Waals surface area contributed by atoms with Crippen LogP contribution >= 0.6 is 11.6 Å². The maximum Gasteiger partial charge on any atom is 0.307 e. The Morgan fingerprint density at radius 1 is 1.58 bits per heavy atom. The molecular formula is C12H17ClFN3O2. The molecule has 0 aliphatic heterocycles. The molecule has 5 nitrogen and oxygen atoms in total.